The Balaban J connectivity index is 1.23. The van der Waals surface area contributed by atoms with Crippen LogP contribution in [-0.2, 0) is 11.3 Å². The van der Waals surface area contributed by atoms with Gasteiger partial charge in [0, 0.05) is 45.3 Å². The van der Waals surface area contributed by atoms with Crippen LogP contribution in [0.4, 0.5) is 4.39 Å². The molecule has 0 aliphatic carbocycles. The number of nitrogens with zero attached hydrogens (tertiary/aromatic N) is 4. The van der Waals surface area contributed by atoms with Crippen molar-refractivity contribution in [3.63, 3.8) is 0 Å². The zero-order valence-corrected chi connectivity index (χ0v) is 17.9. The van der Waals surface area contributed by atoms with Gasteiger partial charge in [-0.3, -0.25) is 14.4 Å². The average Bonchev–Trinajstić information content (AvgIpc) is 3.53. The Labute approximate surface area is 188 Å². The predicted octanol–water partition coefficient (Wildman–Crippen LogP) is 2.75. The largest absolute Gasteiger partial charge is 0.459 e. The van der Waals surface area contributed by atoms with Gasteiger partial charge in [-0.2, -0.15) is 0 Å². The molecule has 33 heavy (non-hydrogen) atoms. The zero-order chi connectivity index (χ0) is 22.9. The van der Waals surface area contributed by atoms with Gasteiger partial charge in [0.25, 0.3) is 11.5 Å². The number of aromatic nitrogens is 2. The topological polar surface area (TPSA) is 80.2 Å². The van der Waals surface area contributed by atoms with E-state index in [1.165, 1.54) is 18.4 Å². The minimum absolute atomic E-state index is 0.0209. The Kier molecular flexibility index (Phi) is 5.45. The summed E-state index contributed by atoms with van der Waals surface area (Å²) in [7, 11) is 0. The van der Waals surface area contributed by atoms with Crippen LogP contribution < -0.4 is 5.56 Å². The van der Waals surface area contributed by atoms with Gasteiger partial charge in [0.15, 0.2) is 5.76 Å². The first-order chi connectivity index (χ1) is 16.0. The van der Waals surface area contributed by atoms with E-state index in [1.807, 2.05) is 0 Å². The van der Waals surface area contributed by atoms with Crippen molar-refractivity contribution in [3.05, 3.63) is 76.9 Å². The molecule has 1 aliphatic heterocycles. The average molecular weight is 450 g/mol. The molecule has 0 bridgehead atoms. The van der Waals surface area contributed by atoms with Crippen molar-refractivity contribution in [3.8, 4) is 0 Å². The van der Waals surface area contributed by atoms with E-state index in [1.54, 1.807) is 55.3 Å². The van der Waals surface area contributed by atoms with Crippen LogP contribution in [0, 0.1) is 5.82 Å². The van der Waals surface area contributed by atoms with Gasteiger partial charge in [-0.25, -0.2) is 4.39 Å². The summed E-state index contributed by atoms with van der Waals surface area (Å²) >= 11 is 0. The first-order valence-electron chi connectivity index (χ1n) is 10.9. The molecule has 170 valence electrons. The summed E-state index contributed by atoms with van der Waals surface area (Å²) in [6, 6.07) is 11.2. The highest BCUT2D eigenvalue weighted by Crippen LogP contribution is 2.18. The summed E-state index contributed by atoms with van der Waals surface area (Å²) < 4.78 is 22.4. The van der Waals surface area contributed by atoms with Gasteiger partial charge in [0.05, 0.1) is 17.3 Å². The van der Waals surface area contributed by atoms with Crippen molar-refractivity contribution in [2.24, 2.45) is 0 Å². The number of piperazine rings is 1. The molecule has 0 atom stereocenters. The maximum Gasteiger partial charge on any atom is 0.289 e. The van der Waals surface area contributed by atoms with Crippen LogP contribution in [0.3, 0.4) is 0 Å². The van der Waals surface area contributed by atoms with Gasteiger partial charge in [0.2, 0.25) is 5.91 Å². The quantitative estimate of drug-likeness (QED) is 0.468. The standard InChI is InChI=1S/C24H23FN4O4/c25-17-7-8-18-20(16-17)29(23(31)19-4-1-9-28(18)19)10-2-6-22(30)26-11-13-27(14-12-26)24(32)21-5-3-15-33-21/h1,3-5,7-9,15-16H,2,6,10-14H2. The van der Waals surface area contributed by atoms with Crippen molar-refractivity contribution in [1.82, 2.24) is 18.8 Å². The molecule has 3 aromatic heterocycles. The van der Waals surface area contributed by atoms with Crippen molar-refractivity contribution >= 4 is 28.4 Å². The normalized spacial score (nSPS) is 14.3. The molecule has 0 saturated carbocycles. The lowest BCUT2D eigenvalue weighted by atomic mass is 10.2. The summed E-state index contributed by atoms with van der Waals surface area (Å²) in [6.45, 7) is 2.10. The second-order valence-corrected chi connectivity index (χ2v) is 8.11. The first kappa shape index (κ1) is 21.0. The molecule has 0 unspecified atom stereocenters. The molecule has 5 rings (SSSR count). The molecule has 1 saturated heterocycles. The number of carbonyl (C=O) groups excluding carboxylic acids is 2. The lowest BCUT2D eigenvalue weighted by Crippen LogP contribution is -2.50. The third-order valence-corrected chi connectivity index (χ3v) is 6.12. The highest BCUT2D eigenvalue weighted by Gasteiger charge is 2.25. The fourth-order valence-corrected chi connectivity index (χ4v) is 4.41. The summed E-state index contributed by atoms with van der Waals surface area (Å²) in [6.07, 6.45) is 3.96. The van der Waals surface area contributed by atoms with Gasteiger partial charge < -0.3 is 23.2 Å². The van der Waals surface area contributed by atoms with Crippen LogP contribution in [0.1, 0.15) is 23.4 Å². The number of furan rings is 1. The molecule has 2 amide bonds. The number of rotatable bonds is 5. The highest BCUT2D eigenvalue weighted by molar-refractivity contribution is 5.91. The molecule has 4 aromatic rings. The Bertz CT molecular complexity index is 1380. The van der Waals surface area contributed by atoms with Crippen molar-refractivity contribution in [2.45, 2.75) is 19.4 Å². The van der Waals surface area contributed by atoms with E-state index in [2.05, 4.69) is 0 Å². The summed E-state index contributed by atoms with van der Waals surface area (Å²) in [5, 5.41) is 0. The minimum atomic E-state index is -0.416. The number of hydrogen-bond donors (Lipinski definition) is 0. The van der Waals surface area contributed by atoms with E-state index in [0.717, 1.165) is 5.52 Å². The predicted molar refractivity (Wildman–Crippen MR) is 120 cm³/mol. The second kappa shape index (κ2) is 8.57. The Hall–Kier alpha value is -3.88. The molecular weight excluding hydrogens is 427 g/mol. The Morgan fingerprint density at radius 2 is 1.73 bits per heavy atom. The molecule has 4 heterocycles. The van der Waals surface area contributed by atoms with Gasteiger partial charge in [-0.05, 0) is 48.9 Å². The van der Waals surface area contributed by atoms with Gasteiger partial charge in [0.1, 0.15) is 11.3 Å². The van der Waals surface area contributed by atoms with E-state index in [0.29, 0.717) is 55.9 Å². The number of benzene rings is 1. The maximum absolute atomic E-state index is 13.9. The number of halogens is 1. The van der Waals surface area contributed by atoms with Gasteiger partial charge in [-0.1, -0.05) is 0 Å². The number of aryl methyl sites for hydroxylation is 1. The SMILES string of the molecule is O=C(CCCn1c(=O)c2cccn2c2ccc(F)cc21)N1CCN(C(=O)c2ccco2)CC1. The van der Waals surface area contributed by atoms with E-state index in [-0.39, 0.29) is 23.8 Å². The zero-order valence-electron chi connectivity index (χ0n) is 17.9. The van der Waals surface area contributed by atoms with Crippen LogP contribution in [0.2, 0.25) is 0 Å². The molecule has 1 fully saturated rings. The van der Waals surface area contributed by atoms with Gasteiger partial charge in [-0.15, -0.1) is 0 Å². The highest BCUT2D eigenvalue weighted by atomic mass is 19.1. The van der Waals surface area contributed by atoms with E-state index in [9.17, 15) is 18.8 Å². The van der Waals surface area contributed by atoms with E-state index in [4.69, 9.17) is 4.42 Å². The summed E-state index contributed by atoms with van der Waals surface area (Å²) in [4.78, 5) is 41.5. The lowest BCUT2D eigenvalue weighted by molar-refractivity contribution is -0.132. The van der Waals surface area contributed by atoms with E-state index < -0.39 is 5.82 Å². The molecule has 1 aromatic carbocycles. The van der Waals surface area contributed by atoms with Crippen molar-refractivity contribution in [2.75, 3.05) is 26.2 Å². The summed E-state index contributed by atoms with van der Waals surface area (Å²) in [5.74, 6) is -0.317. The maximum atomic E-state index is 13.9. The Morgan fingerprint density at radius 3 is 2.48 bits per heavy atom. The van der Waals surface area contributed by atoms with Crippen LogP contribution in [-0.4, -0.2) is 56.8 Å². The number of fused-ring (bicyclic) bond motifs is 3. The molecule has 0 spiro atoms. The third-order valence-electron chi connectivity index (χ3n) is 6.12. The van der Waals surface area contributed by atoms with Crippen LogP contribution in [0.5, 0.6) is 0 Å². The fourth-order valence-electron chi connectivity index (χ4n) is 4.41. The summed E-state index contributed by atoms with van der Waals surface area (Å²) in [5.41, 5.74) is 1.54. The smallest absolute Gasteiger partial charge is 0.289 e. The van der Waals surface area contributed by atoms with Crippen LogP contribution >= 0.6 is 0 Å². The molecule has 8 nitrogen and oxygen atoms in total. The first-order valence-corrected chi connectivity index (χ1v) is 10.9. The third kappa shape index (κ3) is 3.90. The molecule has 0 N–H and O–H groups in total. The molecule has 9 heteroatoms. The number of carbonyl (C=O) groups is 2. The molecular formula is C24H23FN4O4. The van der Waals surface area contributed by atoms with E-state index >= 15 is 0 Å². The van der Waals surface area contributed by atoms with Crippen molar-refractivity contribution in [1.29, 1.82) is 0 Å². The van der Waals surface area contributed by atoms with Crippen molar-refractivity contribution < 1.29 is 18.4 Å². The molecule has 1 aliphatic rings. The number of amides is 2. The second-order valence-electron chi connectivity index (χ2n) is 8.11. The number of hydrogen-bond acceptors (Lipinski definition) is 4. The Morgan fingerprint density at radius 1 is 0.939 bits per heavy atom. The van der Waals surface area contributed by atoms with Gasteiger partial charge >= 0.3 is 0 Å². The van der Waals surface area contributed by atoms with Crippen LogP contribution in [0.25, 0.3) is 16.6 Å². The lowest BCUT2D eigenvalue weighted by Gasteiger charge is -2.34. The monoisotopic (exact) mass is 450 g/mol. The van der Waals surface area contributed by atoms with Crippen LogP contribution in [0.15, 0.2) is 64.1 Å². The fraction of sp³-hybridized carbons (Fsp3) is 0.292. The minimum Gasteiger partial charge on any atom is -0.459 e. The molecule has 0 radical (unpaired) electrons.